The first-order valence-electron chi connectivity index (χ1n) is 7.68. The molecular formula is C20H18O2S2. The van der Waals surface area contributed by atoms with Crippen molar-refractivity contribution >= 4 is 40.0 Å². The van der Waals surface area contributed by atoms with Crippen LogP contribution in [0.15, 0.2) is 41.3 Å². The molecule has 0 aliphatic carbocycles. The Kier molecular flexibility index (Phi) is 4.88. The number of ether oxygens (including phenoxy) is 1. The predicted molar refractivity (Wildman–Crippen MR) is 106 cm³/mol. The average molecular weight is 354 g/mol. The van der Waals surface area contributed by atoms with Gasteiger partial charge in [-0.2, -0.15) is 0 Å². The molecule has 24 heavy (non-hydrogen) atoms. The van der Waals surface area contributed by atoms with Gasteiger partial charge in [-0.3, -0.25) is 4.79 Å². The van der Waals surface area contributed by atoms with Gasteiger partial charge in [0.05, 0.1) is 22.6 Å². The van der Waals surface area contributed by atoms with Gasteiger partial charge in [0.15, 0.2) is 5.78 Å². The SMILES string of the molecule is COc1ccc(/C=C2\SC(=S)CC2=O)cc1-c1cc(C)cc(C)c1. The third kappa shape index (κ3) is 3.60. The van der Waals surface area contributed by atoms with E-state index in [0.717, 1.165) is 31.5 Å². The summed E-state index contributed by atoms with van der Waals surface area (Å²) in [6.45, 7) is 4.17. The lowest BCUT2D eigenvalue weighted by Gasteiger charge is -2.12. The largest absolute Gasteiger partial charge is 0.496 e. The van der Waals surface area contributed by atoms with Crippen molar-refractivity contribution in [3.05, 3.63) is 58.0 Å². The number of hydrogen-bond donors (Lipinski definition) is 0. The van der Waals surface area contributed by atoms with E-state index in [2.05, 4.69) is 38.1 Å². The smallest absolute Gasteiger partial charge is 0.175 e. The van der Waals surface area contributed by atoms with Crippen molar-refractivity contribution in [1.29, 1.82) is 0 Å². The molecule has 1 fully saturated rings. The van der Waals surface area contributed by atoms with E-state index in [1.807, 2.05) is 18.2 Å². The third-order valence-corrected chi connectivity index (χ3v) is 5.19. The zero-order valence-electron chi connectivity index (χ0n) is 13.9. The number of benzene rings is 2. The van der Waals surface area contributed by atoms with Crippen LogP contribution in [0, 0.1) is 13.8 Å². The van der Waals surface area contributed by atoms with Gasteiger partial charge in [-0.25, -0.2) is 0 Å². The number of ketones is 1. The highest BCUT2D eigenvalue weighted by Gasteiger charge is 2.22. The first-order chi connectivity index (χ1) is 11.5. The first kappa shape index (κ1) is 16.9. The van der Waals surface area contributed by atoms with Crippen molar-refractivity contribution in [3.63, 3.8) is 0 Å². The second-order valence-electron chi connectivity index (χ2n) is 5.92. The van der Waals surface area contributed by atoms with Crippen LogP contribution in [0.4, 0.5) is 0 Å². The summed E-state index contributed by atoms with van der Waals surface area (Å²) in [7, 11) is 1.68. The van der Waals surface area contributed by atoms with Crippen LogP contribution in [0.25, 0.3) is 17.2 Å². The minimum absolute atomic E-state index is 0.105. The highest BCUT2D eigenvalue weighted by molar-refractivity contribution is 8.27. The van der Waals surface area contributed by atoms with Crippen LogP contribution in [0.5, 0.6) is 5.75 Å². The van der Waals surface area contributed by atoms with E-state index in [1.54, 1.807) is 7.11 Å². The van der Waals surface area contributed by atoms with Gasteiger partial charge in [0.1, 0.15) is 5.75 Å². The number of Topliss-reactive ketones (excluding diaryl/α,β-unsaturated/α-hetero) is 1. The van der Waals surface area contributed by atoms with Crippen LogP contribution in [-0.2, 0) is 4.79 Å². The molecule has 0 unspecified atom stereocenters. The van der Waals surface area contributed by atoms with Crippen molar-refractivity contribution in [2.75, 3.05) is 7.11 Å². The van der Waals surface area contributed by atoms with Crippen LogP contribution in [-0.4, -0.2) is 17.1 Å². The number of aryl methyl sites for hydroxylation is 2. The molecule has 1 aliphatic rings. The van der Waals surface area contributed by atoms with Gasteiger partial charge < -0.3 is 4.74 Å². The lowest BCUT2D eigenvalue weighted by atomic mass is 9.98. The molecule has 1 saturated heterocycles. The molecule has 0 bridgehead atoms. The molecule has 1 heterocycles. The minimum atomic E-state index is 0.105. The molecule has 0 radical (unpaired) electrons. The van der Waals surface area contributed by atoms with Gasteiger partial charge in [0.25, 0.3) is 0 Å². The van der Waals surface area contributed by atoms with Crippen molar-refractivity contribution in [3.8, 4) is 16.9 Å². The fourth-order valence-electron chi connectivity index (χ4n) is 2.87. The van der Waals surface area contributed by atoms with E-state index < -0.39 is 0 Å². The maximum absolute atomic E-state index is 12.0. The molecule has 1 aliphatic heterocycles. The lowest BCUT2D eigenvalue weighted by molar-refractivity contribution is -0.113. The summed E-state index contributed by atoms with van der Waals surface area (Å²) < 4.78 is 6.27. The average Bonchev–Trinajstić information content (AvgIpc) is 2.84. The predicted octanol–water partition coefficient (Wildman–Crippen LogP) is 5.35. The molecule has 2 nitrogen and oxygen atoms in total. The lowest BCUT2D eigenvalue weighted by Crippen LogP contribution is -1.93. The Morgan fingerprint density at radius 1 is 1.12 bits per heavy atom. The van der Waals surface area contributed by atoms with Crippen LogP contribution in [0.1, 0.15) is 23.1 Å². The summed E-state index contributed by atoms with van der Waals surface area (Å²) in [5, 5.41) is 0. The first-order valence-corrected chi connectivity index (χ1v) is 8.91. The van der Waals surface area contributed by atoms with E-state index in [9.17, 15) is 4.79 Å². The zero-order chi connectivity index (χ0) is 17.3. The summed E-state index contributed by atoms with van der Waals surface area (Å²) in [5.74, 6) is 0.928. The van der Waals surface area contributed by atoms with Gasteiger partial charge in [-0.1, -0.05) is 59.4 Å². The molecule has 0 spiro atoms. The number of carbonyl (C=O) groups excluding carboxylic acids is 1. The van der Waals surface area contributed by atoms with Gasteiger partial charge in [-0.05, 0) is 43.2 Å². The standard InChI is InChI=1S/C20H18O2S2/c1-12-6-13(2)8-15(7-12)16-9-14(4-5-18(16)22-3)10-19-17(21)11-20(23)24-19/h4-10H,11H2,1-3H3/b19-10-. The Hall–Kier alpha value is -1.91. The van der Waals surface area contributed by atoms with Crippen LogP contribution >= 0.6 is 24.0 Å². The van der Waals surface area contributed by atoms with E-state index in [4.69, 9.17) is 17.0 Å². The molecular weight excluding hydrogens is 336 g/mol. The molecule has 0 saturated carbocycles. The number of methoxy groups -OCH3 is 1. The third-order valence-electron chi connectivity index (χ3n) is 3.86. The van der Waals surface area contributed by atoms with Crippen LogP contribution < -0.4 is 4.74 Å². The summed E-state index contributed by atoms with van der Waals surface area (Å²) in [6.07, 6.45) is 2.28. The summed E-state index contributed by atoms with van der Waals surface area (Å²) in [4.78, 5) is 12.7. The van der Waals surface area contributed by atoms with Crippen molar-refractivity contribution in [1.82, 2.24) is 0 Å². The Morgan fingerprint density at radius 2 is 1.83 bits per heavy atom. The highest BCUT2D eigenvalue weighted by atomic mass is 32.2. The second-order valence-corrected chi connectivity index (χ2v) is 7.81. The van der Waals surface area contributed by atoms with E-state index >= 15 is 0 Å². The molecule has 2 aromatic rings. The fraction of sp³-hybridized carbons (Fsp3) is 0.200. The minimum Gasteiger partial charge on any atom is -0.496 e. The zero-order valence-corrected chi connectivity index (χ0v) is 15.5. The van der Waals surface area contributed by atoms with Crippen molar-refractivity contribution in [2.45, 2.75) is 20.3 Å². The van der Waals surface area contributed by atoms with Gasteiger partial charge in [-0.15, -0.1) is 0 Å². The molecule has 3 rings (SSSR count). The van der Waals surface area contributed by atoms with Gasteiger partial charge >= 0.3 is 0 Å². The quantitative estimate of drug-likeness (QED) is 0.548. The topological polar surface area (TPSA) is 26.3 Å². The molecule has 122 valence electrons. The monoisotopic (exact) mass is 354 g/mol. The Morgan fingerprint density at radius 3 is 2.42 bits per heavy atom. The maximum atomic E-state index is 12.0. The molecule has 0 N–H and O–H groups in total. The number of thioether (sulfide) groups is 1. The number of allylic oxidation sites excluding steroid dienone is 1. The van der Waals surface area contributed by atoms with Crippen molar-refractivity contribution < 1.29 is 9.53 Å². The summed E-state index contributed by atoms with van der Waals surface area (Å²) in [5.41, 5.74) is 5.54. The summed E-state index contributed by atoms with van der Waals surface area (Å²) >= 11 is 6.54. The Bertz CT molecular complexity index is 846. The normalized spacial score (nSPS) is 16.0. The number of hydrogen-bond acceptors (Lipinski definition) is 4. The highest BCUT2D eigenvalue weighted by Crippen LogP contribution is 2.35. The summed E-state index contributed by atoms with van der Waals surface area (Å²) in [6, 6.07) is 12.4. The Labute approximate surface area is 151 Å². The van der Waals surface area contributed by atoms with Crippen molar-refractivity contribution in [2.24, 2.45) is 0 Å². The van der Waals surface area contributed by atoms with Crippen LogP contribution in [0.3, 0.4) is 0 Å². The fourth-order valence-corrected chi connectivity index (χ4v) is 4.10. The molecule has 0 atom stereocenters. The molecule has 0 amide bonds. The Balaban J connectivity index is 2.07. The molecule has 2 aromatic carbocycles. The maximum Gasteiger partial charge on any atom is 0.175 e. The van der Waals surface area contributed by atoms with Gasteiger partial charge in [0.2, 0.25) is 0 Å². The van der Waals surface area contributed by atoms with Crippen LogP contribution in [0.2, 0.25) is 0 Å². The number of carbonyl (C=O) groups is 1. The second kappa shape index (κ2) is 6.91. The number of rotatable bonds is 3. The van der Waals surface area contributed by atoms with E-state index in [0.29, 0.717) is 6.42 Å². The molecule has 4 heteroatoms. The van der Waals surface area contributed by atoms with E-state index in [1.165, 1.54) is 22.9 Å². The van der Waals surface area contributed by atoms with E-state index in [-0.39, 0.29) is 5.78 Å². The molecule has 0 aromatic heterocycles. The van der Waals surface area contributed by atoms with Gasteiger partial charge in [0, 0.05) is 5.56 Å². The number of thiocarbonyl (C=S) groups is 1.